The van der Waals surface area contributed by atoms with Gasteiger partial charge in [-0.1, -0.05) is 45.8 Å². The fraction of sp³-hybridized carbons (Fsp3) is 0.222. The molecule has 1 rings (SSSR count). The highest BCUT2D eigenvalue weighted by molar-refractivity contribution is 9.08. The molecule has 2 nitrogen and oxygen atoms in total. The third-order valence-corrected chi connectivity index (χ3v) is 1.88. The highest BCUT2D eigenvalue weighted by Crippen LogP contribution is 2.06. The van der Waals surface area contributed by atoms with Crippen LogP contribution in [0.2, 0.25) is 0 Å². The molecule has 0 aliphatic rings. The van der Waals surface area contributed by atoms with Crippen molar-refractivity contribution >= 4 is 22.1 Å². The highest BCUT2D eigenvalue weighted by Gasteiger charge is 1.86. The summed E-state index contributed by atoms with van der Waals surface area (Å²) in [5.41, 5.74) is 2.67. The number of alkyl halides is 1. The maximum atomic E-state index is 8.12. The molecule has 0 N–H and O–H groups in total. The van der Waals surface area contributed by atoms with E-state index in [1.807, 2.05) is 0 Å². The van der Waals surface area contributed by atoms with E-state index in [2.05, 4.69) is 47.1 Å². The van der Waals surface area contributed by atoms with Gasteiger partial charge in [0, 0.05) is 5.33 Å². The van der Waals surface area contributed by atoms with Crippen molar-refractivity contribution in [3.63, 3.8) is 0 Å². The summed E-state index contributed by atoms with van der Waals surface area (Å²) in [6, 6.07) is 8.47. The normalized spacial score (nSPS) is 7.83. The minimum Gasteiger partial charge on any atom is -0.186 e. The lowest BCUT2D eigenvalue weighted by atomic mass is 10.2. The van der Waals surface area contributed by atoms with Crippen LogP contribution in [-0.2, 0) is 14.9 Å². The van der Waals surface area contributed by atoms with E-state index in [-0.39, 0.29) is 6.15 Å². The van der Waals surface area contributed by atoms with E-state index in [4.69, 9.17) is 9.59 Å². The molecule has 1 aromatic rings. The molecular formula is C9H9BrO2. The van der Waals surface area contributed by atoms with Gasteiger partial charge in [0.2, 0.25) is 0 Å². The average Bonchev–Trinajstić information content (AvgIpc) is 2.06. The molecule has 0 saturated heterocycles. The summed E-state index contributed by atoms with van der Waals surface area (Å²) in [6.45, 7) is 2.10. The predicted octanol–water partition coefficient (Wildman–Crippen LogP) is 2.31. The first kappa shape index (κ1) is 11.1. The van der Waals surface area contributed by atoms with Gasteiger partial charge in [-0.2, -0.15) is 9.59 Å². The van der Waals surface area contributed by atoms with E-state index in [9.17, 15) is 0 Å². The monoisotopic (exact) mass is 228 g/mol. The second kappa shape index (κ2) is 6.77. The van der Waals surface area contributed by atoms with Crippen molar-refractivity contribution in [1.82, 2.24) is 0 Å². The standard InChI is InChI=1S/C8H9Br.CO2/c1-7-3-2-4-8(5-7)6-9;2-1-3/h2-5H,6H2,1H3;. The number of hydrogen-bond acceptors (Lipinski definition) is 2. The van der Waals surface area contributed by atoms with Gasteiger partial charge in [-0.25, -0.2) is 0 Å². The third kappa shape index (κ3) is 4.83. The maximum Gasteiger partial charge on any atom is 0.373 e. The zero-order valence-electron chi connectivity index (χ0n) is 6.71. The van der Waals surface area contributed by atoms with Crippen molar-refractivity contribution in [2.75, 3.05) is 0 Å². The molecule has 0 radical (unpaired) electrons. The third-order valence-electron chi connectivity index (χ3n) is 1.24. The van der Waals surface area contributed by atoms with Gasteiger partial charge >= 0.3 is 6.15 Å². The van der Waals surface area contributed by atoms with Gasteiger partial charge in [-0.15, -0.1) is 0 Å². The van der Waals surface area contributed by atoms with Crippen LogP contribution < -0.4 is 0 Å². The Kier molecular flexibility index (Phi) is 6.25. The summed E-state index contributed by atoms with van der Waals surface area (Å²) >= 11 is 3.39. The van der Waals surface area contributed by atoms with E-state index in [1.54, 1.807) is 0 Å². The van der Waals surface area contributed by atoms with Crippen molar-refractivity contribution in [2.45, 2.75) is 12.3 Å². The molecule has 0 saturated carbocycles. The quantitative estimate of drug-likeness (QED) is 0.692. The predicted molar refractivity (Wildman–Crippen MR) is 48.8 cm³/mol. The maximum absolute atomic E-state index is 8.12. The van der Waals surface area contributed by atoms with Crippen LogP contribution in [0.25, 0.3) is 0 Å². The molecule has 1 aromatic carbocycles. The van der Waals surface area contributed by atoms with E-state index in [1.165, 1.54) is 11.1 Å². The molecule has 0 spiro atoms. The summed E-state index contributed by atoms with van der Waals surface area (Å²) in [6.07, 6.45) is 0.250. The first-order valence-electron chi connectivity index (χ1n) is 3.35. The van der Waals surface area contributed by atoms with Gasteiger partial charge in [-0.3, -0.25) is 0 Å². The van der Waals surface area contributed by atoms with Crippen LogP contribution in [0.5, 0.6) is 0 Å². The zero-order chi connectivity index (χ0) is 9.40. The lowest BCUT2D eigenvalue weighted by Gasteiger charge is -1.94. The Morgan fingerprint density at radius 2 is 2.00 bits per heavy atom. The summed E-state index contributed by atoms with van der Waals surface area (Å²) in [5, 5.41) is 0.953. The van der Waals surface area contributed by atoms with Crippen LogP contribution in [0, 0.1) is 6.92 Å². The van der Waals surface area contributed by atoms with E-state index < -0.39 is 0 Å². The molecule has 0 aromatic heterocycles. The lowest BCUT2D eigenvalue weighted by Crippen LogP contribution is -1.76. The summed E-state index contributed by atoms with van der Waals surface area (Å²) < 4.78 is 0. The average molecular weight is 229 g/mol. The van der Waals surface area contributed by atoms with E-state index >= 15 is 0 Å². The van der Waals surface area contributed by atoms with Crippen molar-refractivity contribution in [3.05, 3.63) is 35.4 Å². The number of benzene rings is 1. The second-order valence-corrected chi connectivity index (χ2v) is 2.77. The van der Waals surface area contributed by atoms with Crippen molar-refractivity contribution in [1.29, 1.82) is 0 Å². The molecule has 0 heterocycles. The SMILES string of the molecule is Cc1cccc(CBr)c1.O=C=O. The van der Waals surface area contributed by atoms with Crippen LogP contribution in [0.15, 0.2) is 24.3 Å². The van der Waals surface area contributed by atoms with Crippen LogP contribution >= 0.6 is 15.9 Å². The van der Waals surface area contributed by atoms with Crippen LogP contribution in [0.4, 0.5) is 0 Å². The topological polar surface area (TPSA) is 34.1 Å². The molecule has 0 fully saturated rings. The van der Waals surface area contributed by atoms with Crippen LogP contribution in [0.1, 0.15) is 11.1 Å². The van der Waals surface area contributed by atoms with Gasteiger partial charge in [0.05, 0.1) is 0 Å². The first-order chi connectivity index (χ1) is 5.74. The van der Waals surface area contributed by atoms with E-state index in [0.29, 0.717) is 0 Å². The van der Waals surface area contributed by atoms with E-state index in [0.717, 1.165) is 5.33 Å². The zero-order valence-corrected chi connectivity index (χ0v) is 8.30. The van der Waals surface area contributed by atoms with Crippen molar-refractivity contribution < 1.29 is 9.59 Å². The number of carbonyl (C=O) groups excluding carboxylic acids is 2. The molecule has 0 aliphatic heterocycles. The summed E-state index contributed by atoms with van der Waals surface area (Å²) in [7, 11) is 0. The lowest BCUT2D eigenvalue weighted by molar-refractivity contribution is -0.191. The highest BCUT2D eigenvalue weighted by atomic mass is 79.9. The van der Waals surface area contributed by atoms with Crippen LogP contribution in [0.3, 0.4) is 0 Å². The fourth-order valence-electron chi connectivity index (χ4n) is 0.795. The van der Waals surface area contributed by atoms with Gasteiger partial charge in [0.1, 0.15) is 0 Å². The molecule has 12 heavy (non-hydrogen) atoms. The molecule has 3 heteroatoms. The Balaban J connectivity index is 0.000000354. The molecule has 0 atom stereocenters. The van der Waals surface area contributed by atoms with Gasteiger partial charge in [0.25, 0.3) is 0 Å². The first-order valence-corrected chi connectivity index (χ1v) is 4.47. The Bertz CT molecular complexity index is 265. The Morgan fingerprint density at radius 3 is 2.33 bits per heavy atom. The van der Waals surface area contributed by atoms with Crippen molar-refractivity contribution in [3.8, 4) is 0 Å². The minimum absolute atomic E-state index is 0.250. The summed E-state index contributed by atoms with van der Waals surface area (Å²) in [5.74, 6) is 0. The minimum atomic E-state index is 0.250. The summed E-state index contributed by atoms with van der Waals surface area (Å²) in [4.78, 5) is 16.2. The molecular weight excluding hydrogens is 220 g/mol. The smallest absolute Gasteiger partial charge is 0.186 e. The molecule has 0 amide bonds. The Labute approximate surface area is 79.7 Å². The fourth-order valence-corrected chi connectivity index (χ4v) is 1.14. The second-order valence-electron chi connectivity index (χ2n) is 2.21. The molecule has 0 bridgehead atoms. The molecule has 0 aliphatic carbocycles. The van der Waals surface area contributed by atoms with Gasteiger partial charge < -0.3 is 0 Å². The Morgan fingerprint density at radius 1 is 1.42 bits per heavy atom. The van der Waals surface area contributed by atoms with Gasteiger partial charge in [0.15, 0.2) is 0 Å². The molecule has 64 valence electrons. The number of hydrogen-bond donors (Lipinski definition) is 0. The Hall–Kier alpha value is -0.920. The number of rotatable bonds is 1. The van der Waals surface area contributed by atoms with Crippen LogP contribution in [-0.4, -0.2) is 6.15 Å². The number of aryl methyl sites for hydroxylation is 1. The van der Waals surface area contributed by atoms with Crippen molar-refractivity contribution in [2.24, 2.45) is 0 Å². The largest absolute Gasteiger partial charge is 0.373 e. The molecule has 0 unspecified atom stereocenters. The number of halogens is 1. The van der Waals surface area contributed by atoms with Gasteiger partial charge in [-0.05, 0) is 12.5 Å².